The molecule has 5 rings (SSSR count). The molecule has 0 unspecified atom stereocenters. The number of hydrogen-bond donors (Lipinski definition) is 0. The zero-order chi connectivity index (χ0) is 34.7. The molecular weight excluding hydrogens is 724 g/mol. The van der Waals surface area contributed by atoms with Gasteiger partial charge < -0.3 is 24.8 Å². The summed E-state index contributed by atoms with van der Waals surface area (Å²) in [4.78, 5) is 0. The van der Waals surface area contributed by atoms with Crippen LogP contribution >= 0.6 is 0 Å². The number of rotatable bonds is 3. The summed E-state index contributed by atoms with van der Waals surface area (Å²) >= 11 is 1.18. The van der Waals surface area contributed by atoms with Crippen molar-refractivity contribution >= 4 is 3.71 Å². The largest absolute Gasteiger partial charge is 1.00 e. The first kappa shape index (κ1) is 44.2. The number of benzene rings is 3. The molecule has 0 saturated carbocycles. The molecule has 4 aromatic carbocycles. The predicted octanol–water partition coefficient (Wildman–Crippen LogP) is 5.89. The van der Waals surface area contributed by atoms with Crippen molar-refractivity contribution in [2.24, 2.45) is 0 Å². The molecule has 0 heterocycles. The average molecular weight is 775 g/mol. The minimum Gasteiger partial charge on any atom is -1.00 e. The fourth-order valence-electron chi connectivity index (χ4n) is 5.57. The van der Waals surface area contributed by atoms with Crippen molar-refractivity contribution in [3.63, 3.8) is 0 Å². The molecule has 1 aliphatic carbocycles. The summed E-state index contributed by atoms with van der Waals surface area (Å²) < 4.78 is 37.9. The van der Waals surface area contributed by atoms with Gasteiger partial charge in [-0.05, 0) is 17.4 Å². The van der Waals surface area contributed by atoms with E-state index >= 15 is 0 Å². The van der Waals surface area contributed by atoms with Crippen molar-refractivity contribution in [1.29, 1.82) is 0 Å². The van der Waals surface area contributed by atoms with E-state index in [-0.39, 0.29) is 35.6 Å². The Morgan fingerprint density at radius 3 is 1.69 bits per heavy atom. The number of halogens is 5. The molecule has 0 spiro atoms. The van der Waals surface area contributed by atoms with Crippen molar-refractivity contribution in [2.45, 2.75) is 118 Å². The van der Waals surface area contributed by atoms with E-state index in [2.05, 4.69) is 125 Å². The van der Waals surface area contributed by atoms with Crippen LogP contribution in [-0.4, -0.2) is 3.71 Å². The molecule has 0 nitrogen and oxygen atoms in total. The maximum atomic E-state index is 12.0. The number of hydrogen-bond acceptors (Lipinski definition) is 0. The molecule has 48 heavy (non-hydrogen) atoms. The van der Waals surface area contributed by atoms with Crippen LogP contribution < -0.4 is 24.8 Å². The van der Waals surface area contributed by atoms with Gasteiger partial charge in [0.1, 0.15) is 0 Å². The van der Waals surface area contributed by atoms with E-state index in [4.69, 9.17) is 0 Å². The van der Waals surface area contributed by atoms with E-state index in [0.717, 1.165) is 37.0 Å². The van der Waals surface area contributed by atoms with E-state index < -0.39 is 11.7 Å². The standard InChI is InChI=1S/C21H25.C13H21.C8H5F3.2ClH.Zr/c1-20(2,3)16-9-7-14-11-15-8-10-17(21(4,5)6)13-19(15)18(14)12-16;1-6-10-8-11(7-2)12(9-10)13(3,4)5;1-6-2-4-7(5-3-6)8(9,10)11;;;/h7,9-10,12-13H,11H2,1-6H3;8-9H,6-7H2,1-5H3;1-5H;2*1H;/q2*-1;;;;+2/p-2. The Bertz CT molecular complexity index is 1560. The van der Waals surface area contributed by atoms with E-state index in [1.54, 1.807) is 0 Å². The topological polar surface area (TPSA) is 0 Å². The summed E-state index contributed by atoms with van der Waals surface area (Å²) in [7, 11) is 0. The van der Waals surface area contributed by atoms with Gasteiger partial charge in [0.2, 0.25) is 0 Å². The van der Waals surface area contributed by atoms with Gasteiger partial charge in [-0.25, -0.2) is 6.07 Å². The van der Waals surface area contributed by atoms with Crippen LogP contribution in [0.3, 0.4) is 0 Å². The third-order valence-electron chi connectivity index (χ3n) is 8.56. The van der Waals surface area contributed by atoms with Crippen LogP contribution in [0.25, 0.3) is 11.1 Å². The van der Waals surface area contributed by atoms with Crippen LogP contribution in [0, 0.1) is 6.07 Å². The number of alkyl halides is 3. The molecule has 1 aliphatic rings. The predicted molar refractivity (Wildman–Crippen MR) is 187 cm³/mol. The van der Waals surface area contributed by atoms with E-state index in [9.17, 15) is 13.2 Å². The summed E-state index contributed by atoms with van der Waals surface area (Å²) in [5.74, 6) is 0. The second-order valence-electron chi connectivity index (χ2n) is 15.4. The van der Waals surface area contributed by atoms with Crippen LogP contribution in [0.5, 0.6) is 0 Å². The van der Waals surface area contributed by atoms with Gasteiger partial charge >= 0.3 is 82.7 Å². The quantitative estimate of drug-likeness (QED) is 0.201. The molecule has 0 aromatic heterocycles. The van der Waals surface area contributed by atoms with Crippen molar-refractivity contribution in [3.05, 3.63) is 123 Å². The normalized spacial score (nSPS) is 12.2. The van der Waals surface area contributed by atoms with Gasteiger partial charge in [-0.1, -0.05) is 129 Å². The second-order valence-corrected chi connectivity index (χ2v) is 16.1. The molecule has 0 aliphatic heterocycles. The van der Waals surface area contributed by atoms with Gasteiger partial charge in [-0.15, -0.1) is 5.56 Å². The van der Waals surface area contributed by atoms with Gasteiger partial charge in [-0.3, -0.25) is 0 Å². The van der Waals surface area contributed by atoms with Gasteiger partial charge in [0.25, 0.3) is 0 Å². The zero-order valence-corrected chi connectivity index (χ0v) is 34.4. The molecule has 6 heteroatoms. The van der Waals surface area contributed by atoms with Gasteiger partial charge in [0.05, 0.1) is 0 Å². The van der Waals surface area contributed by atoms with E-state index in [1.807, 2.05) is 3.71 Å². The molecule has 260 valence electrons. The first-order valence-corrected chi connectivity index (χ1v) is 17.8. The SMILES string of the molecule is CC(C)(C)c1c[c-]c2c(c1)-c1cc(C(C)(C)C)ccc1C2.CCc1cc(C(C)(C)C)c(CC)[cH-]1.FC(F)(F)c1ccc([CH]=[Zr+2])cc1.[Cl-].[Cl-]. The van der Waals surface area contributed by atoms with Crippen molar-refractivity contribution in [1.82, 2.24) is 0 Å². The third-order valence-corrected chi connectivity index (χ3v) is 9.38. The number of fused-ring (bicyclic) bond motifs is 3. The molecule has 0 fully saturated rings. The minimum atomic E-state index is -4.22. The van der Waals surface area contributed by atoms with Crippen LogP contribution in [0.2, 0.25) is 0 Å². The maximum absolute atomic E-state index is 12.0. The van der Waals surface area contributed by atoms with E-state index in [1.165, 1.54) is 86.4 Å². The molecule has 4 aromatic rings. The Labute approximate surface area is 315 Å². The van der Waals surface area contributed by atoms with Crippen molar-refractivity contribution < 1.29 is 62.2 Å². The van der Waals surface area contributed by atoms with Crippen LogP contribution in [0.15, 0.2) is 66.7 Å². The summed E-state index contributed by atoms with van der Waals surface area (Å²) in [5, 5.41) is 0. The van der Waals surface area contributed by atoms with Crippen LogP contribution in [0.1, 0.15) is 126 Å². The van der Waals surface area contributed by atoms with Gasteiger partial charge in [-0.2, -0.15) is 52.1 Å². The summed E-state index contributed by atoms with van der Waals surface area (Å²) in [5.41, 5.74) is 13.9. The third kappa shape index (κ3) is 11.6. The maximum Gasteiger partial charge on any atom is -1.00 e. The molecule has 0 amide bonds. The second kappa shape index (κ2) is 17.4. The first-order chi connectivity index (χ1) is 21.2. The zero-order valence-electron chi connectivity index (χ0n) is 30.4. The summed E-state index contributed by atoms with van der Waals surface area (Å²) in [6.07, 6.45) is -0.880. The van der Waals surface area contributed by atoms with Crippen molar-refractivity contribution in [3.8, 4) is 11.1 Å². The minimum absolute atomic E-state index is 0. The monoisotopic (exact) mass is 772 g/mol. The van der Waals surface area contributed by atoms with Crippen LogP contribution in [0.4, 0.5) is 13.2 Å². The van der Waals surface area contributed by atoms with Crippen LogP contribution in [-0.2, 0) is 65.9 Å². The van der Waals surface area contributed by atoms with Crippen molar-refractivity contribution in [2.75, 3.05) is 0 Å². The smallest absolute Gasteiger partial charge is 1.00 e. The number of aryl methyl sites for hydroxylation is 2. The fraction of sp³-hybridized carbons (Fsp3) is 0.429. The molecule has 0 N–H and O–H groups in total. The van der Waals surface area contributed by atoms with Gasteiger partial charge in [0.15, 0.2) is 0 Å². The summed E-state index contributed by atoms with van der Waals surface area (Å²) in [6.45, 7) is 25.0. The van der Waals surface area contributed by atoms with Gasteiger partial charge in [0, 0.05) is 0 Å². The molecular formula is C42H51Cl2F3Zr-2. The molecule has 0 radical (unpaired) electrons. The first-order valence-electron chi connectivity index (χ1n) is 16.3. The molecule has 0 atom stereocenters. The Morgan fingerprint density at radius 1 is 0.708 bits per heavy atom. The van der Waals surface area contributed by atoms with E-state index in [0.29, 0.717) is 5.41 Å². The average Bonchev–Trinajstić information content (AvgIpc) is 3.57. The molecule has 0 bridgehead atoms. The Kier molecular flexibility index (Phi) is 16.0. The Balaban J connectivity index is 0.000000374. The fourth-order valence-corrected chi connectivity index (χ4v) is 6.04. The Morgan fingerprint density at radius 2 is 1.25 bits per heavy atom. The molecule has 0 saturated heterocycles. The summed E-state index contributed by atoms with van der Waals surface area (Å²) in [6, 6.07) is 24.9. The Hall–Kier alpha value is -1.87.